The molecule has 7 heteroatoms. The molecule has 3 rings (SSSR count). The fourth-order valence-electron chi connectivity index (χ4n) is 2.20. The molecule has 7 nitrogen and oxygen atoms in total. The number of aromatic nitrogens is 2. The minimum Gasteiger partial charge on any atom is -0.298 e. The van der Waals surface area contributed by atoms with Crippen molar-refractivity contribution >= 4 is 34.7 Å². The first-order valence-electron chi connectivity index (χ1n) is 6.00. The molecule has 1 aromatic carbocycles. The molecule has 0 aliphatic carbocycles. The number of nitrogens with one attached hydrogen (secondary N) is 1. The Kier molecular flexibility index (Phi) is 2.86. The summed E-state index contributed by atoms with van der Waals surface area (Å²) in [6.07, 6.45) is 3.98. The Bertz CT molecular complexity index is 729. The van der Waals surface area contributed by atoms with Crippen molar-refractivity contribution in [2.45, 2.75) is 6.42 Å². The molecule has 0 bridgehead atoms. The first kappa shape index (κ1) is 12.2. The molecule has 1 aliphatic heterocycles. The minimum atomic E-state index is -0.498. The Morgan fingerprint density at radius 3 is 2.75 bits per heavy atom. The molecule has 2 heterocycles. The van der Waals surface area contributed by atoms with E-state index in [2.05, 4.69) is 15.5 Å². The summed E-state index contributed by atoms with van der Waals surface area (Å²) in [5, 5.41) is 11.2. The molecule has 3 amide bonds. The quantitative estimate of drug-likeness (QED) is 0.818. The molecule has 20 heavy (non-hydrogen) atoms. The van der Waals surface area contributed by atoms with E-state index >= 15 is 0 Å². The van der Waals surface area contributed by atoms with Crippen LogP contribution >= 0.6 is 0 Å². The average molecular weight is 270 g/mol. The summed E-state index contributed by atoms with van der Waals surface area (Å²) < 4.78 is 0. The number of aldehydes is 1. The summed E-state index contributed by atoms with van der Waals surface area (Å²) in [5.74, 6) is -0.304. The number of urea groups is 1. The number of hydrogen-bond donors (Lipinski definition) is 1. The molecule has 1 aliphatic rings. The number of anilines is 1. The van der Waals surface area contributed by atoms with E-state index in [1.54, 1.807) is 12.1 Å². The highest BCUT2D eigenvalue weighted by molar-refractivity contribution is 6.10. The first-order valence-corrected chi connectivity index (χ1v) is 6.00. The van der Waals surface area contributed by atoms with Gasteiger partial charge in [0.15, 0.2) is 0 Å². The van der Waals surface area contributed by atoms with E-state index in [0.29, 0.717) is 28.3 Å². The molecule has 0 radical (unpaired) electrons. The van der Waals surface area contributed by atoms with Gasteiger partial charge in [-0.25, -0.2) is 4.79 Å². The van der Waals surface area contributed by atoms with Gasteiger partial charge in [-0.1, -0.05) is 0 Å². The second kappa shape index (κ2) is 4.69. The van der Waals surface area contributed by atoms with E-state index in [1.165, 1.54) is 17.3 Å². The van der Waals surface area contributed by atoms with Gasteiger partial charge in [-0.3, -0.25) is 19.8 Å². The Morgan fingerprint density at radius 2 is 2.00 bits per heavy atom. The lowest BCUT2D eigenvalue weighted by Crippen LogP contribution is -2.49. The van der Waals surface area contributed by atoms with E-state index in [4.69, 9.17) is 0 Å². The third kappa shape index (κ3) is 1.99. The van der Waals surface area contributed by atoms with Crippen LogP contribution in [0.25, 0.3) is 10.8 Å². The van der Waals surface area contributed by atoms with Gasteiger partial charge in [0.05, 0.1) is 18.1 Å². The van der Waals surface area contributed by atoms with Crippen molar-refractivity contribution in [1.29, 1.82) is 0 Å². The van der Waals surface area contributed by atoms with E-state index in [1.807, 2.05) is 0 Å². The molecular weight excluding hydrogens is 260 g/mol. The van der Waals surface area contributed by atoms with Gasteiger partial charge in [-0.05, 0) is 12.1 Å². The highest BCUT2D eigenvalue weighted by atomic mass is 16.2. The largest absolute Gasteiger partial charge is 0.328 e. The van der Waals surface area contributed by atoms with Gasteiger partial charge in [0.1, 0.15) is 6.29 Å². The summed E-state index contributed by atoms with van der Waals surface area (Å²) in [5.41, 5.74) is 0.981. The third-order valence-corrected chi connectivity index (χ3v) is 3.14. The summed E-state index contributed by atoms with van der Waals surface area (Å²) in [6.45, 7) is 0.268. The summed E-state index contributed by atoms with van der Waals surface area (Å²) in [6, 6.07) is 2.78. The maximum atomic E-state index is 11.9. The number of benzene rings is 1. The first-order chi connectivity index (χ1) is 9.69. The van der Waals surface area contributed by atoms with Crippen LogP contribution in [0.2, 0.25) is 0 Å². The Hall–Kier alpha value is -2.83. The number of carbonyl (C=O) groups is 3. The summed E-state index contributed by atoms with van der Waals surface area (Å²) in [4.78, 5) is 35.6. The number of hydrogen-bond acceptors (Lipinski definition) is 5. The van der Waals surface area contributed by atoms with Gasteiger partial charge >= 0.3 is 6.03 Å². The third-order valence-electron chi connectivity index (χ3n) is 3.14. The second-order valence-corrected chi connectivity index (χ2v) is 4.40. The predicted molar refractivity (Wildman–Crippen MR) is 70.4 cm³/mol. The molecule has 1 fully saturated rings. The molecule has 1 saturated heterocycles. The lowest BCUT2D eigenvalue weighted by atomic mass is 10.1. The summed E-state index contributed by atoms with van der Waals surface area (Å²) in [7, 11) is 0. The molecule has 0 saturated carbocycles. The number of carbonyl (C=O) groups excluding carboxylic acids is 3. The van der Waals surface area contributed by atoms with Gasteiger partial charge in [0.2, 0.25) is 5.91 Å². The standard InChI is InChI=1S/C13H10N4O3/c18-7-8-3-9-5-14-15-6-10(9)11(4-8)17-2-1-12(19)16-13(17)20/h3-7H,1-2H2,(H,16,19,20). The average Bonchev–Trinajstić information content (AvgIpc) is 2.46. The van der Waals surface area contributed by atoms with Crippen LogP contribution in [0.4, 0.5) is 10.5 Å². The normalized spacial score (nSPS) is 15.3. The zero-order chi connectivity index (χ0) is 14.1. The van der Waals surface area contributed by atoms with Gasteiger partial charge in [-0.15, -0.1) is 0 Å². The van der Waals surface area contributed by atoms with E-state index < -0.39 is 6.03 Å². The number of nitrogens with zero attached hydrogens (tertiary/aromatic N) is 3. The van der Waals surface area contributed by atoms with Crippen molar-refractivity contribution in [2.75, 3.05) is 11.4 Å². The zero-order valence-corrected chi connectivity index (χ0v) is 10.4. The van der Waals surface area contributed by atoms with E-state index in [9.17, 15) is 14.4 Å². The topological polar surface area (TPSA) is 92.3 Å². The lowest BCUT2D eigenvalue weighted by Gasteiger charge is -2.27. The van der Waals surface area contributed by atoms with Crippen LogP contribution in [0.15, 0.2) is 24.5 Å². The van der Waals surface area contributed by atoms with Crippen LogP contribution in [0.5, 0.6) is 0 Å². The predicted octanol–water partition coefficient (Wildman–Crippen LogP) is 0.889. The summed E-state index contributed by atoms with van der Waals surface area (Å²) >= 11 is 0. The smallest absolute Gasteiger partial charge is 0.298 e. The monoisotopic (exact) mass is 270 g/mol. The number of rotatable bonds is 2. The van der Waals surface area contributed by atoms with Crippen LogP contribution in [0, 0.1) is 0 Å². The highest BCUT2D eigenvalue weighted by Gasteiger charge is 2.25. The lowest BCUT2D eigenvalue weighted by molar-refractivity contribution is -0.120. The number of fused-ring (bicyclic) bond motifs is 1. The second-order valence-electron chi connectivity index (χ2n) is 4.40. The Labute approximate surface area is 113 Å². The van der Waals surface area contributed by atoms with Crippen LogP contribution < -0.4 is 10.2 Å². The van der Waals surface area contributed by atoms with Crippen molar-refractivity contribution in [3.63, 3.8) is 0 Å². The van der Waals surface area contributed by atoms with Crippen molar-refractivity contribution < 1.29 is 14.4 Å². The Balaban J connectivity index is 2.16. The fraction of sp³-hybridized carbons (Fsp3) is 0.154. The van der Waals surface area contributed by atoms with E-state index in [-0.39, 0.29) is 18.9 Å². The number of imide groups is 1. The van der Waals surface area contributed by atoms with Gasteiger partial charge < -0.3 is 0 Å². The maximum absolute atomic E-state index is 11.9. The highest BCUT2D eigenvalue weighted by Crippen LogP contribution is 2.28. The van der Waals surface area contributed by atoms with Gasteiger partial charge in [0.25, 0.3) is 0 Å². The molecule has 0 atom stereocenters. The van der Waals surface area contributed by atoms with Crippen LogP contribution in [-0.4, -0.2) is 35.0 Å². The minimum absolute atomic E-state index is 0.219. The number of amides is 3. The molecule has 100 valence electrons. The van der Waals surface area contributed by atoms with Crippen LogP contribution in [-0.2, 0) is 4.79 Å². The molecule has 0 unspecified atom stereocenters. The molecule has 2 aromatic rings. The van der Waals surface area contributed by atoms with Gasteiger partial charge in [0, 0.05) is 29.3 Å². The maximum Gasteiger partial charge on any atom is 0.328 e. The van der Waals surface area contributed by atoms with Crippen molar-refractivity contribution in [2.24, 2.45) is 0 Å². The fourth-order valence-corrected chi connectivity index (χ4v) is 2.20. The van der Waals surface area contributed by atoms with Crippen molar-refractivity contribution in [3.8, 4) is 0 Å². The molecule has 1 N–H and O–H groups in total. The van der Waals surface area contributed by atoms with Crippen molar-refractivity contribution in [3.05, 3.63) is 30.1 Å². The molecule has 0 spiro atoms. The van der Waals surface area contributed by atoms with Gasteiger partial charge in [-0.2, -0.15) is 10.2 Å². The van der Waals surface area contributed by atoms with Crippen LogP contribution in [0.3, 0.4) is 0 Å². The molecule has 1 aromatic heterocycles. The molecular formula is C13H10N4O3. The van der Waals surface area contributed by atoms with Crippen LogP contribution in [0.1, 0.15) is 16.8 Å². The zero-order valence-electron chi connectivity index (χ0n) is 10.4. The van der Waals surface area contributed by atoms with E-state index in [0.717, 1.165) is 0 Å². The SMILES string of the molecule is O=Cc1cc(N2CCC(=O)NC2=O)c2cnncc2c1. The Morgan fingerprint density at radius 1 is 1.20 bits per heavy atom. The van der Waals surface area contributed by atoms with Crippen molar-refractivity contribution in [1.82, 2.24) is 15.5 Å².